The predicted octanol–water partition coefficient (Wildman–Crippen LogP) is 2.60. The highest BCUT2D eigenvalue weighted by molar-refractivity contribution is 9.10. The largest absolute Gasteiger partial charge is 0.496 e. The monoisotopic (exact) mass is 338 g/mol. The Labute approximate surface area is 127 Å². The maximum absolute atomic E-state index is 5.39. The average molecular weight is 339 g/mol. The van der Waals surface area contributed by atoms with Gasteiger partial charge in [0.25, 0.3) is 0 Å². The molecule has 1 N–H and O–H groups in total. The molecule has 0 aliphatic rings. The third-order valence-corrected chi connectivity index (χ3v) is 3.42. The molecule has 0 aliphatic carbocycles. The van der Waals surface area contributed by atoms with Crippen LogP contribution in [-0.2, 0) is 13.1 Å². The summed E-state index contributed by atoms with van der Waals surface area (Å²) in [5.74, 6) is 1.77. The molecule has 0 amide bonds. The van der Waals surface area contributed by atoms with Crippen LogP contribution in [0.15, 0.2) is 29.0 Å². The summed E-state index contributed by atoms with van der Waals surface area (Å²) < 4.78 is 8.30. The minimum atomic E-state index is 0.417. The van der Waals surface area contributed by atoms with Crippen LogP contribution in [0.2, 0.25) is 0 Å². The van der Waals surface area contributed by atoms with Gasteiger partial charge >= 0.3 is 0 Å². The maximum atomic E-state index is 5.39. The standard InChI is InChI=1S/C14H19BrN4O/c1-10(2)16-7-14-17-9-18-19(14)8-11-6-12(15)4-5-13(11)20-3/h4-6,9-10,16H,7-8H2,1-3H3. The number of nitrogens with zero attached hydrogens (tertiary/aromatic N) is 3. The zero-order valence-electron chi connectivity index (χ0n) is 11.9. The average Bonchev–Trinajstić information content (AvgIpc) is 2.84. The minimum Gasteiger partial charge on any atom is -0.496 e. The van der Waals surface area contributed by atoms with Gasteiger partial charge in [-0.15, -0.1) is 0 Å². The summed E-state index contributed by atoms with van der Waals surface area (Å²) in [7, 11) is 1.68. The molecule has 0 saturated carbocycles. The second-order valence-electron chi connectivity index (χ2n) is 4.83. The van der Waals surface area contributed by atoms with Gasteiger partial charge in [-0.3, -0.25) is 0 Å². The second-order valence-corrected chi connectivity index (χ2v) is 5.74. The van der Waals surface area contributed by atoms with Crippen LogP contribution in [0, 0.1) is 0 Å². The molecule has 2 aromatic rings. The van der Waals surface area contributed by atoms with E-state index in [2.05, 4.69) is 45.2 Å². The number of hydrogen-bond donors (Lipinski definition) is 1. The van der Waals surface area contributed by atoms with Gasteiger partial charge in [-0.05, 0) is 18.2 Å². The van der Waals surface area contributed by atoms with Crippen molar-refractivity contribution in [1.29, 1.82) is 0 Å². The van der Waals surface area contributed by atoms with Crippen molar-refractivity contribution >= 4 is 15.9 Å². The van der Waals surface area contributed by atoms with Crippen molar-refractivity contribution in [1.82, 2.24) is 20.1 Å². The van der Waals surface area contributed by atoms with Crippen molar-refractivity contribution in [2.75, 3.05) is 7.11 Å². The summed E-state index contributed by atoms with van der Waals surface area (Å²) in [5, 5.41) is 7.64. The molecule has 1 aromatic carbocycles. The Hall–Kier alpha value is -1.40. The van der Waals surface area contributed by atoms with Gasteiger partial charge in [0.05, 0.1) is 20.2 Å². The fourth-order valence-electron chi connectivity index (χ4n) is 1.88. The van der Waals surface area contributed by atoms with Crippen molar-refractivity contribution < 1.29 is 4.74 Å². The molecule has 0 atom stereocenters. The summed E-state index contributed by atoms with van der Waals surface area (Å²) in [4.78, 5) is 4.30. The van der Waals surface area contributed by atoms with E-state index in [0.717, 1.165) is 21.6 Å². The van der Waals surface area contributed by atoms with Crippen LogP contribution >= 0.6 is 15.9 Å². The van der Waals surface area contributed by atoms with E-state index in [1.807, 2.05) is 22.9 Å². The van der Waals surface area contributed by atoms with E-state index < -0.39 is 0 Å². The third kappa shape index (κ3) is 3.80. The SMILES string of the molecule is COc1ccc(Br)cc1Cn1ncnc1CNC(C)C. The highest BCUT2D eigenvalue weighted by Crippen LogP contribution is 2.23. The van der Waals surface area contributed by atoms with Crippen LogP contribution in [0.25, 0.3) is 0 Å². The number of methoxy groups -OCH3 is 1. The lowest BCUT2D eigenvalue weighted by atomic mass is 10.2. The quantitative estimate of drug-likeness (QED) is 0.879. The van der Waals surface area contributed by atoms with Gasteiger partial charge < -0.3 is 10.1 Å². The lowest BCUT2D eigenvalue weighted by molar-refractivity contribution is 0.406. The first-order chi connectivity index (χ1) is 9.60. The Morgan fingerprint density at radius 1 is 1.40 bits per heavy atom. The Morgan fingerprint density at radius 2 is 2.20 bits per heavy atom. The Bertz CT molecular complexity index is 568. The van der Waals surface area contributed by atoms with Gasteiger partial charge in [0.1, 0.15) is 17.9 Å². The molecule has 0 unspecified atom stereocenters. The van der Waals surface area contributed by atoms with Crippen molar-refractivity contribution in [2.24, 2.45) is 0 Å². The summed E-state index contributed by atoms with van der Waals surface area (Å²) in [5.41, 5.74) is 1.07. The normalized spacial score (nSPS) is 11.1. The number of halogens is 1. The van der Waals surface area contributed by atoms with Gasteiger partial charge in [-0.2, -0.15) is 5.10 Å². The van der Waals surface area contributed by atoms with Gasteiger partial charge in [0.2, 0.25) is 0 Å². The minimum absolute atomic E-state index is 0.417. The van der Waals surface area contributed by atoms with Gasteiger partial charge in [-0.1, -0.05) is 29.8 Å². The molecular formula is C14H19BrN4O. The molecule has 0 fully saturated rings. The Balaban J connectivity index is 2.18. The molecule has 1 aromatic heterocycles. The van der Waals surface area contributed by atoms with E-state index in [9.17, 15) is 0 Å². The second kappa shape index (κ2) is 6.85. The first kappa shape index (κ1) is 15.0. The van der Waals surface area contributed by atoms with E-state index >= 15 is 0 Å². The molecular weight excluding hydrogens is 320 g/mol. The smallest absolute Gasteiger partial charge is 0.141 e. The zero-order chi connectivity index (χ0) is 14.5. The molecule has 0 saturated heterocycles. The molecule has 6 heteroatoms. The molecule has 0 spiro atoms. The first-order valence-corrected chi connectivity index (χ1v) is 7.32. The van der Waals surface area contributed by atoms with Crippen LogP contribution in [0.5, 0.6) is 5.75 Å². The highest BCUT2D eigenvalue weighted by Gasteiger charge is 2.09. The van der Waals surface area contributed by atoms with E-state index in [1.165, 1.54) is 0 Å². The van der Waals surface area contributed by atoms with Crippen LogP contribution in [0.3, 0.4) is 0 Å². The van der Waals surface area contributed by atoms with Gasteiger partial charge in [-0.25, -0.2) is 9.67 Å². The van der Waals surface area contributed by atoms with Crippen molar-refractivity contribution in [3.05, 3.63) is 40.4 Å². The molecule has 5 nitrogen and oxygen atoms in total. The van der Waals surface area contributed by atoms with Crippen LogP contribution < -0.4 is 10.1 Å². The molecule has 0 bridgehead atoms. The van der Waals surface area contributed by atoms with E-state index in [4.69, 9.17) is 4.74 Å². The van der Waals surface area contributed by atoms with Crippen LogP contribution in [0.1, 0.15) is 25.2 Å². The molecule has 1 heterocycles. The molecule has 2 rings (SSSR count). The molecule has 0 radical (unpaired) electrons. The number of nitrogens with one attached hydrogen (secondary N) is 1. The summed E-state index contributed by atoms with van der Waals surface area (Å²) >= 11 is 3.48. The third-order valence-electron chi connectivity index (χ3n) is 2.93. The predicted molar refractivity (Wildman–Crippen MR) is 81.8 cm³/mol. The first-order valence-electron chi connectivity index (χ1n) is 6.52. The van der Waals surface area contributed by atoms with Crippen molar-refractivity contribution in [3.63, 3.8) is 0 Å². The number of rotatable bonds is 6. The highest BCUT2D eigenvalue weighted by atomic mass is 79.9. The Morgan fingerprint density at radius 3 is 2.90 bits per heavy atom. The number of hydrogen-bond acceptors (Lipinski definition) is 4. The van der Waals surface area contributed by atoms with Crippen molar-refractivity contribution in [2.45, 2.75) is 33.0 Å². The van der Waals surface area contributed by atoms with Gasteiger partial charge in [0, 0.05) is 16.1 Å². The Kier molecular flexibility index (Phi) is 5.14. The van der Waals surface area contributed by atoms with Crippen LogP contribution in [0.4, 0.5) is 0 Å². The molecule has 20 heavy (non-hydrogen) atoms. The molecule has 0 aliphatic heterocycles. The summed E-state index contributed by atoms with van der Waals surface area (Å²) in [6.07, 6.45) is 1.59. The van der Waals surface area contributed by atoms with Crippen LogP contribution in [-0.4, -0.2) is 27.9 Å². The lowest BCUT2D eigenvalue weighted by Gasteiger charge is -2.12. The summed E-state index contributed by atoms with van der Waals surface area (Å²) in [6, 6.07) is 6.37. The van der Waals surface area contributed by atoms with Gasteiger partial charge in [0.15, 0.2) is 0 Å². The summed E-state index contributed by atoms with van der Waals surface area (Å²) in [6.45, 7) is 5.56. The number of ether oxygens (including phenoxy) is 1. The maximum Gasteiger partial charge on any atom is 0.141 e. The van der Waals surface area contributed by atoms with Crippen molar-refractivity contribution in [3.8, 4) is 5.75 Å². The fourth-order valence-corrected chi connectivity index (χ4v) is 2.29. The molecule has 108 valence electrons. The van der Waals surface area contributed by atoms with E-state index in [1.54, 1.807) is 13.4 Å². The lowest BCUT2D eigenvalue weighted by Crippen LogP contribution is -2.24. The number of benzene rings is 1. The fraction of sp³-hybridized carbons (Fsp3) is 0.429. The topological polar surface area (TPSA) is 52.0 Å². The zero-order valence-corrected chi connectivity index (χ0v) is 13.5. The number of aromatic nitrogens is 3. The van der Waals surface area contributed by atoms with E-state index in [0.29, 0.717) is 19.1 Å². The van der Waals surface area contributed by atoms with E-state index in [-0.39, 0.29) is 0 Å².